The maximum absolute atomic E-state index is 6.08. The van der Waals surface area contributed by atoms with Crippen LogP contribution in [0.3, 0.4) is 0 Å². The highest BCUT2D eigenvalue weighted by molar-refractivity contribution is 5.84. The second-order valence-electron chi connectivity index (χ2n) is 4.92. The summed E-state index contributed by atoms with van der Waals surface area (Å²) in [6.45, 7) is 2.84. The van der Waals surface area contributed by atoms with Crippen LogP contribution in [0.1, 0.15) is 32.6 Å². The van der Waals surface area contributed by atoms with Gasteiger partial charge in [0.2, 0.25) is 11.8 Å². The second-order valence-corrected chi connectivity index (χ2v) is 4.92. The molecule has 0 saturated heterocycles. The molecule has 0 bridgehead atoms. The molecule has 1 aromatic carbocycles. The lowest BCUT2D eigenvalue weighted by molar-refractivity contribution is 0.204. The highest BCUT2D eigenvalue weighted by Crippen LogP contribution is 2.28. The fourth-order valence-corrected chi connectivity index (χ4v) is 2.54. The Kier molecular flexibility index (Phi) is 3.49. The van der Waals surface area contributed by atoms with Crippen molar-refractivity contribution in [3.8, 4) is 5.88 Å². The van der Waals surface area contributed by atoms with E-state index in [4.69, 9.17) is 4.74 Å². The zero-order valence-electron chi connectivity index (χ0n) is 11.2. The van der Waals surface area contributed by atoms with Crippen molar-refractivity contribution in [3.63, 3.8) is 0 Å². The number of aromatic nitrogens is 2. The van der Waals surface area contributed by atoms with E-state index >= 15 is 0 Å². The monoisotopic (exact) mass is 257 g/mol. The Balaban J connectivity index is 1.98. The van der Waals surface area contributed by atoms with Crippen LogP contribution in [0, 0.1) is 0 Å². The van der Waals surface area contributed by atoms with Crippen LogP contribution in [0.4, 0.5) is 5.95 Å². The molecule has 0 aliphatic heterocycles. The van der Waals surface area contributed by atoms with E-state index in [0.29, 0.717) is 17.9 Å². The molecule has 3 rings (SSSR count). The normalized spacial score (nSPS) is 15.8. The van der Waals surface area contributed by atoms with Crippen LogP contribution in [0.2, 0.25) is 0 Å². The molecule has 1 N–H and O–H groups in total. The lowest BCUT2D eigenvalue weighted by atomic mass is 10.2. The van der Waals surface area contributed by atoms with Crippen molar-refractivity contribution in [1.82, 2.24) is 9.97 Å². The Hall–Kier alpha value is -1.84. The SMILES string of the molecule is CCNc1nc(OC2CCCC2)c2ccccc2n1. The van der Waals surface area contributed by atoms with E-state index in [2.05, 4.69) is 15.3 Å². The van der Waals surface area contributed by atoms with E-state index in [1.54, 1.807) is 0 Å². The molecular weight excluding hydrogens is 238 g/mol. The quantitative estimate of drug-likeness (QED) is 0.912. The standard InChI is InChI=1S/C15H19N3O/c1-2-16-15-17-13-10-6-5-9-12(13)14(18-15)19-11-7-3-4-8-11/h5-6,9-11H,2-4,7-8H2,1H3,(H,16,17,18). The number of hydrogen-bond donors (Lipinski definition) is 1. The highest BCUT2D eigenvalue weighted by atomic mass is 16.5. The largest absolute Gasteiger partial charge is 0.474 e. The molecular formula is C15H19N3O. The predicted molar refractivity (Wildman–Crippen MR) is 76.6 cm³/mol. The number of hydrogen-bond acceptors (Lipinski definition) is 4. The number of rotatable bonds is 4. The van der Waals surface area contributed by atoms with E-state index < -0.39 is 0 Å². The summed E-state index contributed by atoms with van der Waals surface area (Å²) in [6.07, 6.45) is 5.10. The summed E-state index contributed by atoms with van der Waals surface area (Å²) >= 11 is 0. The molecule has 1 heterocycles. The highest BCUT2D eigenvalue weighted by Gasteiger charge is 2.19. The molecule has 4 nitrogen and oxygen atoms in total. The third kappa shape index (κ3) is 2.62. The molecule has 0 radical (unpaired) electrons. The van der Waals surface area contributed by atoms with Crippen LogP contribution >= 0.6 is 0 Å². The van der Waals surface area contributed by atoms with Gasteiger partial charge >= 0.3 is 0 Å². The second kappa shape index (κ2) is 5.43. The van der Waals surface area contributed by atoms with E-state index in [1.807, 2.05) is 31.2 Å². The number of benzene rings is 1. The van der Waals surface area contributed by atoms with Gasteiger partial charge in [0.1, 0.15) is 6.10 Å². The molecule has 1 saturated carbocycles. The van der Waals surface area contributed by atoms with Crippen molar-refractivity contribution in [2.24, 2.45) is 0 Å². The third-order valence-corrected chi connectivity index (χ3v) is 3.48. The lowest BCUT2D eigenvalue weighted by Gasteiger charge is -2.15. The first-order chi connectivity index (χ1) is 9.36. The summed E-state index contributed by atoms with van der Waals surface area (Å²) in [6, 6.07) is 8.01. The first-order valence-corrected chi connectivity index (χ1v) is 7.04. The van der Waals surface area contributed by atoms with Crippen molar-refractivity contribution in [1.29, 1.82) is 0 Å². The molecule has 100 valence electrons. The Bertz CT molecular complexity index is 564. The summed E-state index contributed by atoms with van der Waals surface area (Å²) in [5.41, 5.74) is 0.932. The van der Waals surface area contributed by atoms with Gasteiger partial charge in [-0.2, -0.15) is 4.98 Å². The summed E-state index contributed by atoms with van der Waals surface area (Å²) in [5.74, 6) is 1.36. The topological polar surface area (TPSA) is 47.0 Å². The molecule has 1 aromatic heterocycles. The van der Waals surface area contributed by atoms with Crippen molar-refractivity contribution in [3.05, 3.63) is 24.3 Å². The van der Waals surface area contributed by atoms with Crippen molar-refractivity contribution >= 4 is 16.9 Å². The van der Waals surface area contributed by atoms with Gasteiger partial charge in [-0.25, -0.2) is 4.98 Å². The van der Waals surface area contributed by atoms with Crippen LogP contribution in [-0.4, -0.2) is 22.6 Å². The van der Waals surface area contributed by atoms with Crippen molar-refractivity contribution in [2.75, 3.05) is 11.9 Å². The zero-order valence-corrected chi connectivity index (χ0v) is 11.2. The lowest BCUT2D eigenvalue weighted by Crippen LogP contribution is -2.13. The molecule has 0 amide bonds. The number of anilines is 1. The minimum Gasteiger partial charge on any atom is -0.474 e. The van der Waals surface area contributed by atoms with Crippen molar-refractivity contribution < 1.29 is 4.74 Å². The Labute approximate surface area is 113 Å². The van der Waals surface area contributed by atoms with Gasteiger partial charge in [-0.15, -0.1) is 0 Å². The Morgan fingerprint density at radius 1 is 1.21 bits per heavy atom. The third-order valence-electron chi connectivity index (χ3n) is 3.48. The van der Waals surface area contributed by atoms with Gasteiger partial charge in [-0.1, -0.05) is 12.1 Å². The maximum atomic E-state index is 6.08. The fraction of sp³-hybridized carbons (Fsp3) is 0.467. The molecule has 0 spiro atoms. The molecule has 1 aliphatic carbocycles. The fourth-order valence-electron chi connectivity index (χ4n) is 2.54. The number of nitrogens with one attached hydrogen (secondary N) is 1. The number of para-hydroxylation sites is 1. The first kappa shape index (κ1) is 12.2. The van der Waals surface area contributed by atoms with Crippen LogP contribution in [-0.2, 0) is 0 Å². The zero-order chi connectivity index (χ0) is 13.1. The van der Waals surface area contributed by atoms with Crippen LogP contribution in [0.15, 0.2) is 24.3 Å². The molecule has 4 heteroatoms. The summed E-state index contributed by atoms with van der Waals surface area (Å²) in [4.78, 5) is 9.01. The summed E-state index contributed by atoms with van der Waals surface area (Å²) in [7, 11) is 0. The first-order valence-electron chi connectivity index (χ1n) is 7.04. The molecule has 19 heavy (non-hydrogen) atoms. The number of ether oxygens (including phenoxy) is 1. The molecule has 1 fully saturated rings. The van der Waals surface area contributed by atoms with Gasteiger partial charge in [-0.3, -0.25) is 0 Å². The summed E-state index contributed by atoms with van der Waals surface area (Å²) < 4.78 is 6.08. The number of nitrogens with zero attached hydrogens (tertiary/aromatic N) is 2. The Morgan fingerprint density at radius 3 is 2.79 bits per heavy atom. The van der Waals surface area contributed by atoms with Gasteiger partial charge in [0.15, 0.2) is 0 Å². The van der Waals surface area contributed by atoms with Crippen LogP contribution in [0.25, 0.3) is 10.9 Å². The smallest absolute Gasteiger partial charge is 0.226 e. The molecule has 0 atom stereocenters. The molecule has 2 aromatic rings. The van der Waals surface area contributed by atoms with Gasteiger partial charge in [0.05, 0.1) is 10.9 Å². The number of fused-ring (bicyclic) bond motifs is 1. The minimum atomic E-state index is 0.313. The van der Waals surface area contributed by atoms with Gasteiger partial charge in [0.25, 0.3) is 0 Å². The van der Waals surface area contributed by atoms with Crippen LogP contribution < -0.4 is 10.1 Å². The predicted octanol–water partition coefficient (Wildman–Crippen LogP) is 3.38. The molecule has 0 unspecified atom stereocenters. The van der Waals surface area contributed by atoms with E-state index in [1.165, 1.54) is 12.8 Å². The van der Waals surface area contributed by atoms with E-state index in [-0.39, 0.29) is 0 Å². The van der Waals surface area contributed by atoms with E-state index in [9.17, 15) is 0 Å². The van der Waals surface area contributed by atoms with Gasteiger partial charge in [0, 0.05) is 6.54 Å². The van der Waals surface area contributed by atoms with Crippen molar-refractivity contribution in [2.45, 2.75) is 38.7 Å². The maximum Gasteiger partial charge on any atom is 0.226 e. The van der Waals surface area contributed by atoms with Crippen LogP contribution in [0.5, 0.6) is 5.88 Å². The average Bonchev–Trinajstić information content (AvgIpc) is 2.92. The van der Waals surface area contributed by atoms with E-state index in [0.717, 1.165) is 30.3 Å². The Morgan fingerprint density at radius 2 is 2.00 bits per heavy atom. The molecule has 1 aliphatic rings. The van der Waals surface area contributed by atoms with Gasteiger partial charge < -0.3 is 10.1 Å². The average molecular weight is 257 g/mol. The minimum absolute atomic E-state index is 0.313. The summed E-state index contributed by atoms with van der Waals surface area (Å²) in [5, 5.41) is 4.16. The van der Waals surface area contributed by atoms with Gasteiger partial charge in [-0.05, 0) is 44.7 Å².